The summed E-state index contributed by atoms with van der Waals surface area (Å²) in [6.45, 7) is 3.68. The van der Waals surface area contributed by atoms with Crippen LogP contribution in [-0.2, 0) is 13.2 Å². The number of nitrogens with zero attached hydrogens (tertiary/aromatic N) is 1. The molecule has 3 rings (SSSR count). The Bertz CT molecular complexity index is 729. The molecular formula is C18H19NO2. The Hall–Kier alpha value is -2.42. The molecule has 0 radical (unpaired) electrons. The molecule has 0 aliphatic rings. The molecule has 3 heteroatoms. The van der Waals surface area contributed by atoms with Gasteiger partial charge in [0.1, 0.15) is 18.1 Å². The maximum atomic E-state index is 5.89. The minimum absolute atomic E-state index is 0.569. The van der Waals surface area contributed by atoms with Crippen LogP contribution in [0.25, 0.3) is 10.9 Å². The van der Waals surface area contributed by atoms with E-state index in [-0.39, 0.29) is 0 Å². The molecule has 1 heterocycles. The lowest BCUT2D eigenvalue weighted by atomic mass is 10.2. The Kier molecular flexibility index (Phi) is 3.82. The average molecular weight is 281 g/mol. The summed E-state index contributed by atoms with van der Waals surface area (Å²) in [6.07, 6.45) is 2.17. The van der Waals surface area contributed by atoms with Crippen molar-refractivity contribution >= 4 is 10.9 Å². The van der Waals surface area contributed by atoms with Crippen molar-refractivity contribution in [2.75, 3.05) is 7.11 Å². The van der Waals surface area contributed by atoms with Gasteiger partial charge >= 0.3 is 0 Å². The van der Waals surface area contributed by atoms with Crippen LogP contribution in [0.4, 0.5) is 0 Å². The number of para-hydroxylation sites is 1. The van der Waals surface area contributed by atoms with E-state index >= 15 is 0 Å². The quantitative estimate of drug-likeness (QED) is 0.698. The molecule has 0 saturated heterocycles. The number of hydrogen-bond donors (Lipinski definition) is 0. The molecule has 0 spiro atoms. The van der Waals surface area contributed by atoms with E-state index < -0.39 is 0 Å². The van der Waals surface area contributed by atoms with Gasteiger partial charge in [0, 0.05) is 29.2 Å². The average Bonchev–Trinajstić information content (AvgIpc) is 2.91. The number of ether oxygens (including phenoxy) is 2. The summed E-state index contributed by atoms with van der Waals surface area (Å²) in [5.41, 5.74) is 2.47. The highest BCUT2D eigenvalue weighted by Gasteiger charge is 2.07. The van der Waals surface area contributed by atoms with Crippen LogP contribution < -0.4 is 9.47 Å². The fraction of sp³-hybridized carbons (Fsp3) is 0.222. The molecule has 3 aromatic rings. The smallest absolute Gasteiger partial charge is 0.120 e. The molecule has 0 saturated carbocycles. The van der Waals surface area contributed by atoms with E-state index in [0.29, 0.717) is 6.61 Å². The number of aromatic nitrogens is 1. The van der Waals surface area contributed by atoms with Gasteiger partial charge in [-0.3, -0.25) is 0 Å². The molecule has 21 heavy (non-hydrogen) atoms. The minimum Gasteiger partial charge on any atom is -0.497 e. The van der Waals surface area contributed by atoms with E-state index in [4.69, 9.17) is 9.47 Å². The van der Waals surface area contributed by atoms with E-state index in [1.165, 1.54) is 16.5 Å². The van der Waals surface area contributed by atoms with Crippen LogP contribution in [0.1, 0.15) is 12.5 Å². The number of fused-ring (bicyclic) bond motifs is 1. The van der Waals surface area contributed by atoms with Crippen molar-refractivity contribution in [3.05, 3.63) is 60.3 Å². The summed E-state index contributed by atoms with van der Waals surface area (Å²) >= 11 is 0. The van der Waals surface area contributed by atoms with Crippen molar-refractivity contribution in [1.29, 1.82) is 0 Å². The van der Waals surface area contributed by atoms with Gasteiger partial charge in [-0.2, -0.15) is 0 Å². The fourth-order valence-corrected chi connectivity index (χ4v) is 2.53. The van der Waals surface area contributed by atoms with Crippen LogP contribution in [0.2, 0.25) is 0 Å². The summed E-state index contributed by atoms with van der Waals surface area (Å²) < 4.78 is 13.3. The zero-order valence-corrected chi connectivity index (χ0v) is 12.4. The second kappa shape index (κ2) is 5.92. The van der Waals surface area contributed by atoms with Crippen molar-refractivity contribution in [2.45, 2.75) is 20.1 Å². The minimum atomic E-state index is 0.569. The summed E-state index contributed by atoms with van der Waals surface area (Å²) in [5, 5.41) is 1.26. The SMILES string of the molecule is CCn1cc(COc2ccc(OC)cc2)c2ccccc21. The Labute approximate surface area is 124 Å². The second-order valence-corrected chi connectivity index (χ2v) is 4.92. The highest BCUT2D eigenvalue weighted by molar-refractivity contribution is 5.83. The monoisotopic (exact) mass is 281 g/mol. The van der Waals surface area contributed by atoms with Crippen LogP contribution in [0.3, 0.4) is 0 Å². The van der Waals surface area contributed by atoms with Crippen molar-refractivity contribution in [1.82, 2.24) is 4.57 Å². The third kappa shape index (κ3) is 2.72. The van der Waals surface area contributed by atoms with Crippen LogP contribution in [-0.4, -0.2) is 11.7 Å². The maximum absolute atomic E-state index is 5.89. The third-order valence-corrected chi connectivity index (χ3v) is 3.67. The highest BCUT2D eigenvalue weighted by atomic mass is 16.5. The Morgan fingerprint density at radius 3 is 2.38 bits per heavy atom. The molecule has 0 bridgehead atoms. The van der Waals surface area contributed by atoms with Crippen LogP contribution in [0.5, 0.6) is 11.5 Å². The van der Waals surface area contributed by atoms with Crippen LogP contribution in [0, 0.1) is 0 Å². The third-order valence-electron chi connectivity index (χ3n) is 3.67. The Morgan fingerprint density at radius 2 is 1.67 bits per heavy atom. The normalized spacial score (nSPS) is 10.8. The molecule has 0 fully saturated rings. The van der Waals surface area contributed by atoms with Gasteiger partial charge in [-0.05, 0) is 37.3 Å². The second-order valence-electron chi connectivity index (χ2n) is 4.92. The molecule has 1 aromatic heterocycles. The van der Waals surface area contributed by atoms with Gasteiger partial charge < -0.3 is 14.0 Å². The molecule has 0 aliphatic carbocycles. The fourth-order valence-electron chi connectivity index (χ4n) is 2.53. The number of aryl methyl sites for hydroxylation is 1. The number of benzene rings is 2. The van der Waals surface area contributed by atoms with Crippen LogP contribution in [0.15, 0.2) is 54.7 Å². The number of hydrogen-bond acceptors (Lipinski definition) is 2. The maximum Gasteiger partial charge on any atom is 0.120 e. The molecule has 0 atom stereocenters. The molecule has 0 unspecified atom stereocenters. The molecule has 108 valence electrons. The van der Waals surface area contributed by atoms with Crippen molar-refractivity contribution in [3.8, 4) is 11.5 Å². The largest absolute Gasteiger partial charge is 0.497 e. The van der Waals surface area contributed by atoms with E-state index in [0.717, 1.165) is 18.0 Å². The molecular weight excluding hydrogens is 262 g/mol. The predicted octanol–water partition coefficient (Wildman–Crippen LogP) is 4.25. The topological polar surface area (TPSA) is 23.4 Å². The zero-order valence-electron chi connectivity index (χ0n) is 12.4. The lowest BCUT2D eigenvalue weighted by Gasteiger charge is -2.06. The summed E-state index contributed by atoms with van der Waals surface area (Å²) in [5.74, 6) is 1.69. The molecule has 0 N–H and O–H groups in total. The first kappa shape index (κ1) is 13.6. The standard InChI is InChI=1S/C18H19NO2/c1-3-19-12-14(17-6-4-5-7-18(17)19)13-21-16-10-8-15(20-2)9-11-16/h4-12H,3,13H2,1-2H3. The lowest BCUT2D eigenvalue weighted by molar-refractivity contribution is 0.306. The summed E-state index contributed by atoms with van der Waals surface area (Å²) in [4.78, 5) is 0. The summed E-state index contributed by atoms with van der Waals surface area (Å²) in [7, 11) is 1.66. The first-order valence-corrected chi connectivity index (χ1v) is 7.15. The van der Waals surface area contributed by atoms with Crippen molar-refractivity contribution in [3.63, 3.8) is 0 Å². The van der Waals surface area contributed by atoms with Gasteiger partial charge in [0.25, 0.3) is 0 Å². The zero-order chi connectivity index (χ0) is 14.7. The summed E-state index contributed by atoms with van der Waals surface area (Å²) in [6, 6.07) is 16.1. The van der Waals surface area contributed by atoms with E-state index in [9.17, 15) is 0 Å². The predicted molar refractivity (Wildman–Crippen MR) is 84.9 cm³/mol. The highest BCUT2D eigenvalue weighted by Crippen LogP contribution is 2.24. The van der Waals surface area contributed by atoms with E-state index in [2.05, 4.69) is 42.0 Å². The van der Waals surface area contributed by atoms with Crippen molar-refractivity contribution in [2.24, 2.45) is 0 Å². The number of methoxy groups -OCH3 is 1. The van der Waals surface area contributed by atoms with Gasteiger partial charge in [-0.15, -0.1) is 0 Å². The molecule has 0 amide bonds. The Morgan fingerprint density at radius 1 is 0.952 bits per heavy atom. The lowest BCUT2D eigenvalue weighted by Crippen LogP contribution is -1.95. The van der Waals surface area contributed by atoms with Gasteiger partial charge in [0.15, 0.2) is 0 Å². The van der Waals surface area contributed by atoms with E-state index in [1.54, 1.807) is 7.11 Å². The van der Waals surface area contributed by atoms with E-state index in [1.807, 2.05) is 24.3 Å². The Balaban J connectivity index is 1.81. The van der Waals surface area contributed by atoms with Gasteiger partial charge in [-0.1, -0.05) is 18.2 Å². The van der Waals surface area contributed by atoms with Gasteiger partial charge in [0.05, 0.1) is 7.11 Å². The molecule has 0 aliphatic heterocycles. The molecule has 3 nitrogen and oxygen atoms in total. The first-order chi connectivity index (χ1) is 10.3. The molecule has 2 aromatic carbocycles. The van der Waals surface area contributed by atoms with Crippen LogP contribution >= 0.6 is 0 Å². The first-order valence-electron chi connectivity index (χ1n) is 7.15. The van der Waals surface area contributed by atoms with Gasteiger partial charge in [-0.25, -0.2) is 0 Å². The van der Waals surface area contributed by atoms with Gasteiger partial charge in [0.2, 0.25) is 0 Å². The van der Waals surface area contributed by atoms with Crippen molar-refractivity contribution < 1.29 is 9.47 Å². The number of rotatable bonds is 5.